The van der Waals surface area contributed by atoms with E-state index < -0.39 is 10.0 Å². The Morgan fingerprint density at radius 2 is 1.75 bits per heavy atom. The van der Waals surface area contributed by atoms with Crippen LogP contribution in [-0.4, -0.2) is 44.9 Å². The molecule has 0 aliphatic carbocycles. The highest BCUT2D eigenvalue weighted by Crippen LogP contribution is 2.28. The molecular weight excluding hydrogens is 328 g/mol. The first kappa shape index (κ1) is 20.4. The van der Waals surface area contributed by atoms with Gasteiger partial charge in [-0.3, -0.25) is 4.79 Å². The number of carbonyl (C=O) groups excluding carboxylic acids is 1. The molecule has 0 aromatic heterocycles. The van der Waals surface area contributed by atoms with Gasteiger partial charge in [0.05, 0.1) is 7.11 Å². The quantitative estimate of drug-likeness (QED) is 0.738. The maximum absolute atomic E-state index is 12.8. The van der Waals surface area contributed by atoms with Crippen molar-refractivity contribution in [3.8, 4) is 5.75 Å². The molecular formula is C17H28N2O4S. The molecule has 0 spiro atoms. The fourth-order valence-corrected chi connectivity index (χ4v) is 4.12. The van der Waals surface area contributed by atoms with Crippen molar-refractivity contribution in [2.75, 3.05) is 20.2 Å². The number of nitrogens with zero attached hydrogens (tertiary/aromatic N) is 1. The fraction of sp³-hybridized carbons (Fsp3) is 0.588. The van der Waals surface area contributed by atoms with Crippen LogP contribution in [0.3, 0.4) is 0 Å². The summed E-state index contributed by atoms with van der Waals surface area (Å²) < 4.78 is 32.1. The number of methoxy groups -OCH3 is 1. The van der Waals surface area contributed by atoms with Gasteiger partial charge in [0.25, 0.3) is 5.91 Å². The first-order valence-electron chi connectivity index (χ1n) is 8.34. The number of rotatable bonds is 9. The van der Waals surface area contributed by atoms with Crippen molar-refractivity contribution in [1.29, 1.82) is 0 Å². The van der Waals surface area contributed by atoms with E-state index in [4.69, 9.17) is 4.74 Å². The molecule has 0 aliphatic heterocycles. The van der Waals surface area contributed by atoms with E-state index in [0.29, 0.717) is 18.7 Å². The van der Waals surface area contributed by atoms with Crippen LogP contribution in [0.4, 0.5) is 0 Å². The van der Waals surface area contributed by atoms with E-state index in [1.807, 2.05) is 13.8 Å². The molecule has 7 heteroatoms. The molecule has 0 bridgehead atoms. The molecule has 0 saturated carbocycles. The van der Waals surface area contributed by atoms with Crippen molar-refractivity contribution in [3.05, 3.63) is 23.8 Å². The van der Waals surface area contributed by atoms with Gasteiger partial charge in [-0.15, -0.1) is 0 Å². The zero-order valence-corrected chi connectivity index (χ0v) is 15.9. The number of sulfonamides is 1. The molecule has 0 heterocycles. The van der Waals surface area contributed by atoms with E-state index in [1.54, 1.807) is 19.9 Å². The van der Waals surface area contributed by atoms with Crippen molar-refractivity contribution in [1.82, 2.24) is 9.62 Å². The molecule has 0 aliphatic rings. The number of hydrogen-bond acceptors (Lipinski definition) is 4. The first-order chi connectivity index (χ1) is 11.3. The van der Waals surface area contributed by atoms with Crippen molar-refractivity contribution in [2.45, 2.75) is 51.5 Å². The Morgan fingerprint density at radius 1 is 1.17 bits per heavy atom. The maximum atomic E-state index is 12.8. The molecule has 0 fully saturated rings. The molecule has 0 radical (unpaired) electrons. The highest BCUT2D eigenvalue weighted by Gasteiger charge is 2.27. The van der Waals surface area contributed by atoms with Crippen LogP contribution < -0.4 is 10.1 Å². The zero-order chi connectivity index (χ0) is 18.3. The van der Waals surface area contributed by atoms with Gasteiger partial charge >= 0.3 is 0 Å². The summed E-state index contributed by atoms with van der Waals surface area (Å²) in [5.41, 5.74) is 0.313. The standard InChI is InChI=1S/C17H28N2O4S/c1-6-14(7-2)18-17(20)13-10-11-15(23-5)16(12-13)24(21,22)19(8-3)9-4/h10-12,14H,6-9H2,1-5H3,(H,18,20). The predicted octanol–water partition coefficient (Wildman–Crippen LogP) is 2.64. The highest BCUT2D eigenvalue weighted by molar-refractivity contribution is 7.89. The Kier molecular flexibility index (Phi) is 7.69. The summed E-state index contributed by atoms with van der Waals surface area (Å²) in [7, 11) is -2.29. The van der Waals surface area contributed by atoms with E-state index in [0.717, 1.165) is 12.8 Å². The summed E-state index contributed by atoms with van der Waals surface area (Å²) in [6, 6.07) is 4.57. The summed E-state index contributed by atoms with van der Waals surface area (Å²) >= 11 is 0. The van der Waals surface area contributed by atoms with Crippen molar-refractivity contribution < 1.29 is 17.9 Å². The lowest BCUT2D eigenvalue weighted by Crippen LogP contribution is -2.34. The number of amides is 1. The molecule has 0 unspecified atom stereocenters. The highest BCUT2D eigenvalue weighted by atomic mass is 32.2. The van der Waals surface area contributed by atoms with Gasteiger partial charge in [-0.2, -0.15) is 4.31 Å². The number of carbonyl (C=O) groups is 1. The zero-order valence-electron chi connectivity index (χ0n) is 15.1. The Balaban J connectivity index is 3.29. The average Bonchev–Trinajstić information content (AvgIpc) is 2.59. The second kappa shape index (κ2) is 9.03. The van der Waals surface area contributed by atoms with Crippen molar-refractivity contribution >= 4 is 15.9 Å². The monoisotopic (exact) mass is 356 g/mol. The van der Waals surface area contributed by atoms with Crippen LogP contribution in [0.2, 0.25) is 0 Å². The van der Waals surface area contributed by atoms with Gasteiger partial charge in [0.1, 0.15) is 10.6 Å². The second-order valence-electron chi connectivity index (χ2n) is 5.44. The molecule has 1 rings (SSSR count). The predicted molar refractivity (Wildman–Crippen MR) is 94.9 cm³/mol. The van der Waals surface area contributed by atoms with E-state index >= 15 is 0 Å². The molecule has 1 aromatic rings. The van der Waals surface area contributed by atoms with Gasteiger partial charge in [-0.25, -0.2) is 8.42 Å². The number of hydrogen-bond donors (Lipinski definition) is 1. The normalized spacial score (nSPS) is 11.8. The van der Waals surface area contributed by atoms with Gasteiger partial charge < -0.3 is 10.1 Å². The van der Waals surface area contributed by atoms with Crippen molar-refractivity contribution in [2.24, 2.45) is 0 Å². The van der Waals surface area contributed by atoms with E-state index in [-0.39, 0.29) is 22.6 Å². The minimum atomic E-state index is -3.71. The smallest absolute Gasteiger partial charge is 0.251 e. The van der Waals surface area contributed by atoms with Crippen LogP contribution in [-0.2, 0) is 10.0 Å². The third-order valence-electron chi connectivity index (χ3n) is 4.07. The lowest BCUT2D eigenvalue weighted by atomic mass is 10.1. The Labute approximate surface area is 145 Å². The minimum Gasteiger partial charge on any atom is -0.495 e. The molecule has 1 N–H and O–H groups in total. The van der Waals surface area contributed by atoms with Gasteiger partial charge in [0.15, 0.2) is 0 Å². The van der Waals surface area contributed by atoms with Gasteiger partial charge in [0, 0.05) is 24.7 Å². The van der Waals surface area contributed by atoms with E-state index in [1.165, 1.54) is 23.5 Å². The lowest BCUT2D eigenvalue weighted by molar-refractivity contribution is 0.0934. The summed E-state index contributed by atoms with van der Waals surface area (Å²) in [6.07, 6.45) is 1.64. The summed E-state index contributed by atoms with van der Waals surface area (Å²) in [5, 5.41) is 2.92. The summed E-state index contributed by atoms with van der Waals surface area (Å²) in [6.45, 7) is 8.25. The summed E-state index contributed by atoms with van der Waals surface area (Å²) in [5.74, 6) is -0.0386. The SMILES string of the molecule is CCC(CC)NC(=O)c1ccc(OC)c(S(=O)(=O)N(CC)CC)c1. The number of ether oxygens (including phenoxy) is 1. The van der Waals surface area contributed by atoms with Gasteiger partial charge in [0.2, 0.25) is 10.0 Å². The molecule has 1 amide bonds. The molecule has 1 aromatic carbocycles. The minimum absolute atomic E-state index is 0.0193. The average molecular weight is 356 g/mol. The third kappa shape index (κ3) is 4.48. The largest absolute Gasteiger partial charge is 0.495 e. The van der Waals surface area contributed by atoms with Crippen LogP contribution in [0, 0.1) is 0 Å². The topological polar surface area (TPSA) is 75.7 Å². The molecule has 136 valence electrons. The van der Waals surface area contributed by atoms with Crippen molar-refractivity contribution in [3.63, 3.8) is 0 Å². The number of benzene rings is 1. The molecule has 24 heavy (non-hydrogen) atoms. The van der Waals surface area contributed by atoms with Crippen LogP contribution in [0.1, 0.15) is 50.9 Å². The third-order valence-corrected chi connectivity index (χ3v) is 6.14. The van der Waals surface area contributed by atoms with Gasteiger partial charge in [-0.1, -0.05) is 27.7 Å². The fourth-order valence-electron chi connectivity index (χ4n) is 2.48. The Hall–Kier alpha value is -1.60. The first-order valence-corrected chi connectivity index (χ1v) is 9.78. The maximum Gasteiger partial charge on any atom is 0.251 e. The van der Waals surface area contributed by atoms with E-state index in [9.17, 15) is 13.2 Å². The van der Waals surface area contributed by atoms with Crippen LogP contribution in [0.25, 0.3) is 0 Å². The molecule has 0 atom stereocenters. The van der Waals surface area contributed by atoms with Gasteiger partial charge in [-0.05, 0) is 31.0 Å². The van der Waals surface area contributed by atoms with Crippen LogP contribution in [0.5, 0.6) is 5.75 Å². The number of nitrogens with one attached hydrogen (secondary N) is 1. The summed E-state index contributed by atoms with van der Waals surface area (Å²) in [4.78, 5) is 12.4. The Morgan fingerprint density at radius 3 is 2.21 bits per heavy atom. The lowest BCUT2D eigenvalue weighted by Gasteiger charge is -2.21. The second-order valence-corrected chi connectivity index (χ2v) is 7.35. The molecule has 6 nitrogen and oxygen atoms in total. The van der Waals surface area contributed by atoms with E-state index in [2.05, 4.69) is 5.32 Å². The molecule has 0 saturated heterocycles. The Bertz CT molecular complexity index is 651. The van der Waals surface area contributed by atoms with Crippen LogP contribution in [0.15, 0.2) is 23.1 Å². The van der Waals surface area contributed by atoms with Crippen LogP contribution >= 0.6 is 0 Å².